The van der Waals surface area contributed by atoms with Crippen LogP contribution in [0.5, 0.6) is 0 Å². The third kappa shape index (κ3) is 11.4. The van der Waals surface area contributed by atoms with Gasteiger partial charge in [0.15, 0.2) is 11.3 Å². The fourth-order valence-corrected chi connectivity index (χ4v) is 6.82. The Balaban J connectivity index is 1.15. The number of hydrogen-bond donors (Lipinski definition) is 0. The van der Waals surface area contributed by atoms with E-state index in [2.05, 4.69) is 52.9 Å². The van der Waals surface area contributed by atoms with Crippen molar-refractivity contribution in [3.05, 3.63) is 51.5 Å². The van der Waals surface area contributed by atoms with Crippen molar-refractivity contribution in [1.29, 1.82) is 0 Å². The van der Waals surface area contributed by atoms with Crippen LogP contribution in [0.1, 0.15) is 72.6 Å². The average Bonchev–Trinajstić information content (AvgIpc) is 3.57. The lowest BCUT2D eigenvalue weighted by molar-refractivity contribution is -0.146. The van der Waals surface area contributed by atoms with Crippen LogP contribution in [0.3, 0.4) is 0 Å². The van der Waals surface area contributed by atoms with Crippen LogP contribution >= 0.6 is 11.3 Å². The average molecular weight is 669 g/mol. The van der Waals surface area contributed by atoms with Gasteiger partial charge in [0.1, 0.15) is 5.69 Å². The first-order valence-electron chi connectivity index (χ1n) is 16.9. The Labute approximate surface area is 284 Å². The molecule has 1 spiro atoms. The van der Waals surface area contributed by atoms with Crippen molar-refractivity contribution in [2.75, 3.05) is 79.9 Å². The highest BCUT2D eigenvalue weighted by Gasteiger charge is 2.41. The molecule has 0 atom stereocenters. The van der Waals surface area contributed by atoms with E-state index in [1.165, 1.54) is 22.5 Å². The van der Waals surface area contributed by atoms with Gasteiger partial charge in [-0.25, -0.2) is 4.98 Å². The highest BCUT2D eigenvalue weighted by molar-refractivity contribution is 7.10. The molecule has 0 radical (unpaired) electrons. The van der Waals surface area contributed by atoms with Crippen molar-refractivity contribution < 1.29 is 28.5 Å². The molecule has 0 saturated carbocycles. The number of thiazole rings is 1. The minimum absolute atomic E-state index is 0.0260. The third-order valence-corrected chi connectivity index (χ3v) is 9.75. The van der Waals surface area contributed by atoms with Crippen LogP contribution in [0.2, 0.25) is 0 Å². The van der Waals surface area contributed by atoms with Gasteiger partial charge in [-0.1, -0.05) is 43.5 Å². The number of benzene rings is 1. The standard InChI is InChI=1S/C36H52N4O6S/c1-5-7-17-39(26-34(43-3)44-4)33(41)14-23-45-22-13-30-11-8-10-29(25-30)12-18-38-19-15-36(16-20-38)28-40(21-24-46-36)35(42)31-27-47-32(37-31)9-6-2/h8,10-11,25,27,34H,5,7,12-24,26,28H2,1-4H3. The molecule has 2 aliphatic rings. The molecule has 1 aromatic carbocycles. The summed E-state index contributed by atoms with van der Waals surface area (Å²) >= 11 is 1.41. The van der Waals surface area contributed by atoms with Gasteiger partial charge in [0.2, 0.25) is 5.91 Å². The summed E-state index contributed by atoms with van der Waals surface area (Å²) in [5.41, 5.74) is 2.76. The zero-order chi connectivity index (χ0) is 33.5. The van der Waals surface area contributed by atoms with Crippen molar-refractivity contribution >= 4 is 23.2 Å². The summed E-state index contributed by atoms with van der Waals surface area (Å²) in [6.45, 7) is 10.7. The molecule has 3 heterocycles. The molecule has 0 N–H and O–H groups in total. The molecule has 10 nitrogen and oxygen atoms in total. The van der Waals surface area contributed by atoms with E-state index in [0.717, 1.165) is 58.2 Å². The Hall–Kier alpha value is -2.85. The minimum atomic E-state index is -0.422. The molecule has 2 aromatic rings. The summed E-state index contributed by atoms with van der Waals surface area (Å²) in [6.07, 6.45) is 5.51. The number of piperidine rings is 1. The zero-order valence-corrected chi connectivity index (χ0v) is 29.4. The highest BCUT2D eigenvalue weighted by atomic mass is 32.1. The molecule has 2 saturated heterocycles. The second-order valence-corrected chi connectivity index (χ2v) is 13.1. The molecule has 1 aromatic heterocycles. The number of morpholine rings is 1. The van der Waals surface area contributed by atoms with Crippen LogP contribution in [-0.2, 0) is 36.6 Å². The molecule has 0 unspecified atom stereocenters. The Bertz CT molecular complexity index is 1330. The molecule has 2 aliphatic heterocycles. The van der Waals surface area contributed by atoms with Crippen molar-refractivity contribution in [2.45, 2.75) is 70.7 Å². The van der Waals surface area contributed by atoms with Crippen molar-refractivity contribution in [2.24, 2.45) is 0 Å². The minimum Gasteiger partial charge on any atom is -0.381 e. The topological polar surface area (TPSA) is 93.7 Å². The largest absolute Gasteiger partial charge is 0.381 e. The van der Waals surface area contributed by atoms with E-state index in [1.807, 2.05) is 15.2 Å². The first-order chi connectivity index (χ1) is 22.9. The molecule has 2 amide bonds. The van der Waals surface area contributed by atoms with Crippen LogP contribution in [0.15, 0.2) is 29.6 Å². The summed E-state index contributed by atoms with van der Waals surface area (Å²) in [6, 6.07) is 8.72. The number of rotatable bonds is 17. The van der Waals surface area contributed by atoms with Crippen LogP contribution in [0, 0.1) is 11.8 Å². The number of likely N-dealkylation sites (tertiary alicyclic amines) is 1. The number of nitrogens with zero attached hydrogens (tertiary/aromatic N) is 4. The molecule has 2 fully saturated rings. The van der Waals surface area contributed by atoms with Gasteiger partial charge in [-0.3, -0.25) is 9.59 Å². The number of aromatic nitrogens is 1. The molecule has 0 bridgehead atoms. The summed E-state index contributed by atoms with van der Waals surface area (Å²) < 4.78 is 22.8. The maximum Gasteiger partial charge on any atom is 0.273 e. The van der Waals surface area contributed by atoms with E-state index in [4.69, 9.17) is 18.9 Å². The lowest BCUT2D eigenvalue weighted by atomic mass is 9.89. The van der Waals surface area contributed by atoms with Crippen LogP contribution in [0.25, 0.3) is 0 Å². The van der Waals surface area contributed by atoms with E-state index in [-0.39, 0.29) is 17.4 Å². The van der Waals surface area contributed by atoms with Gasteiger partial charge in [0, 0.05) is 52.3 Å². The van der Waals surface area contributed by atoms with Crippen LogP contribution in [0.4, 0.5) is 0 Å². The first-order valence-corrected chi connectivity index (χ1v) is 17.8. The van der Waals surface area contributed by atoms with Gasteiger partial charge in [0.05, 0.1) is 44.9 Å². The summed E-state index contributed by atoms with van der Waals surface area (Å²) in [5, 5.41) is 2.49. The SMILES string of the molecule is CC#Cc1nc(C(=O)N2CCOC3(CCN(CCc4cccc(CCOCCC(=O)N(CCCC)CC(OC)OC)c4)CC3)C2)cs1. The monoisotopic (exact) mass is 668 g/mol. The van der Waals surface area contributed by atoms with Gasteiger partial charge in [-0.2, -0.15) is 0 Å². The number of ether oxygens (including phenoxy) is 4. The lowest BCUT2D eigenvalue weighted by Gasteiger charge is -2.47. The molecular weight excluding hydrogens is 616 g/mol. The molecule has 0 aliphatic carbocycles. The van der Waals surface area contributed by atoms with E-state index in [0.29, 0.717) is 63.1 Å². The van der Waals surface area contributed by atoms with Crippen LogP contribution in [-0.4, -0.2) is 123 Å². The van der Waals surface area contributed by atoms with Crippen molar-refractivity contribution in [1.82, 2.24) is 19.7 Å². The number of carbonyl (C=O) groups excluding carboxylic acids is 2. The Morgan fingerprint density at radius 2 is 1.89 bits per heavy atom. The second kappa shape index (κ2) is 19.2. The van der Waals surface area contributed by atoms with Gasteiger partial charge < -0.3 is 33.6 Å². The van der Waals surface area contributed by atoms with E-state index >= 15 is 0 Å². The smallest absolute Gasteiger partial charge is 0.273 e. The highest BCUT2D eigenvalue weighted by Crippen LogP contribution is 2.31. The maximum absolute atomic E-state index is 13.2. The number of carbonyl (C=O) groups is 2. The summed E-state index contributed by atoms with van der Waals surface area (Å²) in [4.78, 5) is 36.6. The van der Waals surface area contributed by atoms with Gasteiger partial charge in [0.25, 0.3) is 5.91 Å². The first kappa shape index (κ1) is 37.0. The summed E-state index contributed by atoms with van der Waals surface area (Å²) in [7, 11) is 3.18. The summed E-state index contributed by atoms with van der Waals surface area (Å²) in [5.74, 6) is 5.83. The third-order valence-electron chi connectivity index (χ3n) is 8.99. The van der Waals surface area contributed by atoms with Gasteiger partial charge >= 0.3 is 0 Å². The normalized spacial score (nSPS) is 16.3. The predicted molar refractivity (Wildman–Crippen MR) is 184 cm³/mol. The van der Waals surface area contributed by atoms with Crippen molar-refractivity contribution in [3.63, 3.8) is 0 Å². The second-order valence-electron chi connectivity index (χ2n) is 12.3. The number of amides is 2. The van der Waals surface area contributed by atoms with Crippen LogP contribution < -0.4 is 0 Å². The molecular formula is C36H52N4O6S. The number of methoxy groups -OCH3 is 2. The Kier molecular flexibility index (Phi) is 15.1. The zero-order valence-electron chi connectivity index (χ0n) is 28.6. The fraction of sp³-hybridized carbons (Fsp3) is 0.639. The fourth-order valence-electron chi connectivity index (χ4n) is 6.13. The molecule has 11 heteroatoms. The van der Waals surface area contributed by atoms with Crippen molar-refractivity contribution in [3.8, 4) is 11.8 Å². The van der Waals surface area contributed by atoms with E-state index in [9.17, 15) is 9.59 Å². The number of unbranched alkanes of at least 4 members (excludes halogenated alkanes) is 1. The molecule has 47 heavy (non-hydrogen) atoms. The predicted octanol–water partition coefficient (Wildman–Crippen LogP) is 4.26. The molecule has 258 valence electrons. The van der Waals surface area contributed by atoms with Gasteiger partial charge in [-0.15, -0.1) is 11.3 Å². The van der Waals surface area contributed by atoms with E-state index < -0.39 is 6.29 Å². The maximum atomic E-state index is 13.2. The van der Waals surface area contributed by atoms with E-state index in [1.54, 1.807) is 21.1 Å². The molecule has 4 rings (SSSR count). The Morgan fingerprint density at radius 1 is 1.13 bits per heavy atom. The number of hydrogen-bond acceptors (Lipinski definition) is 9. The van der Waals surface area contributed by atoms with Gasteiger partial charge in [-0.05, 0) is 56.1 Å². The quantitative estimate of drug-likeness (QED) is 0.140. The Morgan fingerprint density at radius 3 is 2.62 bits per heavy atom. The lowest BCUT2D eigenvalue weighted by Crippen LogP contribution is -2.58.